The molecule has 0 N–H and O–H groups in total. The molecule has 1 unspecified atom stereocenters. The van der Waals surface area contributed by atoms with Gasteiger partial charge in [-0.3, -0.25) is 4.58 Å². The van der Waals surface area contributed by atoms with Gasteiger partial charge >= 0.3 is 11.1 Å². The molecule has 0 saturated heterocycles. The molecule has 108 valence electrons. The van der Waals surface area contributed by atoms with Crippen LogP contribution in [0.3, 0.4) is 0 Å². The molecule has 6 heteroatoms. The Kier molecular flexibility index (Phi) is 5.10. The Morgan fingerprint density at radius 3 is 2.90 bits per heavy atom. The zero-order valence-corrected chi connectivity index (χ0v) is 13.7. The molecule has 4 nitrogen and oxygen atoms in total. The van der Waals surface area contributed by atoms with Gasteiger partial charge in [-0.1, -0.05) is 30.3 Å². The van der Waals surface area contributed by atoms with Gasteiger partial charge in [0.1, 0.15) is 6.54 Å². The number of carbonyl (C=O) groups is 1. The molecule has 0 aromatic heterocycles. The monoisotopic (exact) mass is 356 g/mol. The Morgan fingerprint density at radius 1 is 1.45 bits per heavy atom. The molecule has 0 aliphatic carbocycles. The fourth-order valence-corrected chi connectivity index (χ4v) is 3.85. The normalized spacial score (nSPS) is 20.6. The molecule has 2 aliphatic rings. The number of hydrogen-bond acceptors (Lipinski definition) is 4. The van der Waals surface area contributed by atoms with Crippen molar-refractivity contribution in [3.8, 4) is 0 Å². The lowest BCUT2D eigenvalue weighted by molar-refractivity contribution is -0.511. The highest BCUT2D eigenvalue weighted by molar-refractivity contribution is 8.13. The van der Waals surface area contributed by atoms with Crippen molar-refractivity contribution >= 4 is 22.9 Å². The van der Waals surface area contributed by atoms with E-state index in [0.717, 1.165) is 18.8 Å². The predicted octanol–water partition coefficient (Wildman–Crippen LogP) is -1.66. The van der Waals surface area contributed by atoms with Gasteiger partial charge in [-0.15, -0.1) is 0 Å². The van der Waals surface area contributed by atoms with Crippen LogP contribution in [-0.4, -0.2) is 53.1 Å². The number of thioether (sulfide) groups is 1. The summed E-state index contributed by atoms with van der Waals surface area (Å²) in [5.74, 6) is 0.928. The number of amidine groups is 1. The summed E-state index contributed by atoms with van der Waals surface area (Å²) in [7, 11) is 1.44. The van der Waals surface area contributed by atoms with E-state index in [9.17, 15) is 4.79 Å². The highest BCUT2D eigenvalue weighted by Gasteiger charge is 2.44. The number of nitrogens with zero attached hydrogens (tertiary/aromatic N) is 2. The third-order valence-corrected chi connectivity index (χ3v) is 4.73. The van der Waals surface area contributed by atoms with Gasteiger partial charge in [0.2, 0.25) is 0 Å². The summed E-state index contributed by atoms with van der Waals surface area (Å²) >= 11 is 1.83. The van der Waals surface area contributed by atoms with E-state index in [1.807, 2.05) is 30.0 Å². The molecule has 1 aromatic carbocycles. The largest absolute Gasteiger partial charge is 1.00 e. The minimum atomic E-state index is -0.178. The summed E-state index contributed by atoms with van der Waals surface area (Å²) in [5, 5.41) is 1.22. The summed E-state index contributed by atoms with van der Waals surface area (Å²) < 4.78 is 7.19. The van der Waals surface area contributed by atoms with E-state index in [4.69, 9.17) is 4.74 Å². The van der Waals surface area contributed by atoms with Crippen molar-refractivity contribution in [2.45, 2.75) is 6.04 Å². The van der Waals surface area contributed by atoms with Crippen LogP contribution in [-0.2, 0) is 9.53 Å². The van der Waals surface area contributed by atoms with E-state index < -0.39 is 0 Å². The van der Waals surface area contributed by atoms with Gasteiger partial charge < -0.3 is 21.7 Å². The van der Waals surface area contributed by atoms with Gasteiger partial charge in [0.15, 0.2) is 12.6 Å². The zero-order chi connectivity index (χ0) is 13.2. The average molecular weight is 357 g/mol. The fraction of sp³-hybridized carbons (Fsp3) is 0.429. The molecule has 0 fully saturated rings. The first-order valence-corrected chi connectivity index (χ1v) is 7.41. The summed E-state index contributed by atoms with van der Waals surface area (Å²) in [6.45, 7) is 2.36. The smallest absolute Gasteiger partial charge is 0.347 e. The number of ether oxygens (including phenoxy) is 1. The molecule has 0 spiro atoms. The molecule has 0 saturated carbocycles. The minimum Gasteiger partial charge on any atom is -1.00 e. The number of esters is 1. The van der Waals surface area contributed by atoms with Crippen molar-refractivity contribution in [1.82, 2.24) is 4.90 Å². The van der Waals surface area contributed by atoms with Gasteiger partial charge in [-0.05, 0) is 11.8 Å². The lowest BCUT2D eigenvalue weighted by Gasteiger charge is -2.19. The zero-order valence-electron chi connectivity index (χ0n) is 11.3. The summed E-state index contributed by atoms with van der Waals surface area (Å²) in [5.41, 5.74) is 1.26. The molecule has 3 rings (SSSR count). The van der Waals surface area contributed by atoms with Crippen LogP contribution in [0, 0.1) is 0 Å². The van der Waals surface area contributed by atoms with Crippen molar-refractivity contribution in [3.05, 3.63) is 35.9 Å². The van der Waals surface area contributed by atoms with E-state index in [1.54, 1.807) is 0 Å². The van der Waals surface area contributed by atoms with Gasteiger partial charge in [0.05, 0.1) is 13.7 Å². The van der Waals surface area contributed by atoms with Crippen LogP contribution in [0.2, 0.25) is 0 Å². The van der Waals surface area contributed by atoms with Crippen LogP contribution >= 0.6 is 11.8 Å². The van der Waals surface area contributed by atoms with Crippen LogP contribution < -0.4 is 17.0 Å². The van der Waals surface area contributed by atoms with Crippen LogP contribution in [0.25, 0.3) is 0 Å². The number of halogens is 1. The quantitative estimate of drug-likeness (QED) is 0.479. The van der Waals surface area contributed by atoms with Crippen molar-refractivity contribution < 1.29 is 31.1 Å². The first kappa shape index (κ1) is 15.4. The number of carbonyl (C=O) groups excluding carboxylic acids is 1. The first-order valence-electron chi connectivity index (χ1n) is 6.42. The topological polar surface area (TPSA) is 32.5 Å². The molecule has 0 bridgehead atoms. The van der Waals surface area contributed by atoms with Crippen LogP contribution in [0.15, 0.2) is 30.3 Å². The lowest BCUT2D eigenvalue weighted by Crippen LogP contribution is -3.00. The summed E-state index contributed by atoms with van der Waals surface area (Å²) in [6, 6.07) is 10.6. The minimum absolute atomic E-state index is 0. The third kappa shape index (κ3) is 2.86. The lowest BCUT2D eigenvalue weighted by atomic mass is 10.1. The standard InChI is InChI=1S/C14H17N2O2S.BrH/c1-18-13(17)10-16-12(11-5-3-2-4-6-11)9-15-7-8-19-14(15)16;/h2-6,12H,7-10H2,1H3;1H/q+1;/p-1. The van der Waals surface area contributed by atoms with Crippen molar-refractivity contribution in [3.63, 3.8) is 0 Å². The number of hydrogen-bond donors (Lipinski definition) is 0. The Bertz CT molecular complexity index is 521. The molecule has 2 aliphatic heterocycles. The van der Waals surface area contributed by atoms with E-state index in [0.29, 0.717) is 6.54 Å². The van der Waals surface area contributed by atoms with E-state index in [1.165, 1.54) is 17.8 Å². The second-order valence-electron chi connectivity index (χ2n) is 4.71. The fourth-order valence-electron chi connectivity index (χ4n) is 2.65. The predicted molar refractivity (Wildman–Crippen MR) is 75.4 cm³/mol. The SMILES string of the molecule is COC(=O)CN1C2=[N+](CCS2)CC1c1ccccc1.[Br-]. The van der Waals surface area contributed by atoms with Crippen molar-refractivity contribution in [2.24, 2.45) is 0 Å². The molecular formula is C14H17BrN2O2S. The Hall–Kier alpha value is -1.01. The molecule has 2 heterocycles. The van der Waals surface area contributed by atoms with E-state index in [-0.39, 0.29) is 29.0 Å². The Morgan fingerprint density at radius 2 is 2.20 bits per heavy atom. The number of methoxy groups -OCH3 is 1. The summed E-state index contributed by atoms with van der Waals surface area (Å²) in [6.07, 6.45) is 0. The van der Waals surface area contributed by atoms with Crippen molar-refractivity contribution in [1.29, 1.82) is 0 Å². The Balaban J connectivity index is 0.00000147. The van der Waals surface area contributed by atoms with Crippen LogP contribution in [0.4, 0.5) is 0 Å². The summed E-state index contributed by atoms with van der Waals surface area (Å²) in [4.78, 5) is 13.8. The molecule has 1 aromatic rings. The van der Waals surface area contributed by atoms with Gasteiger partial charge in [-0.2, -0.15) is 0 Å². The number of rotatable bonds is 3. The maximum absolute atomic E-state index is 11.6. The molecule has 20 heavy (non-hydrogen) atoms. The van der Waals surface area contributed by atoms with E-state index in [2.05, 4.69) is 21.6 Å². The van der Waals surface area contributed by atoms with Gasteiger partial charge in [0.25, 0.3) is 0 Å². The van der Waals surface area contributed by atoms with Crippen molar-refractivity contribution in [2.75, 3.05) is 32.5 Å². The third-order valence-electron chi connectivity index (χ3n) is 3.59. The van der Waals surface area contributed by atoms with E-state index >= 15 is 0 Å². The molecule has 1 atom stereocenters. The second kappa shape index (κ2) is 6.63. The maximum atomic E-state index is 11.6. The van der Waals surface area contributed by atoms with Gasteiger partial charge in [0, 0.05) is 11.3 Å². The molecule has 0 radical (unpaired) electrons. The highest BCUT2D eigenvalue weighted by atomic mass is 79.9. The molecule has 0 amide bonds. The first-order chi connectivity index (χ1) is 9.29. The highest BCUT2D eigenvalue weighted by Crippen LogP contribution is 2.32. The van der Waals surface area contributed by atoms with Gasteiger partial charge in [-0.25, -0.2) is 9.69 Å². The second-order valence-corrected chi connectivity index (χ2v) is 5.77. The Labute approximate surface area is 133 Å². The van der Waals surface area contributed by atoms with Crippen LogP contribution in [0.5, 0.6) is 0 Å². The van der Waals surface area contributed by atoms with Crippen LogP contribution in [0.1, 0.15) is 11.6 Å². The maximum Gasteiger partial charge on any atom is 0.347 e. The number of benzene rings is 1. The average Bonchev–Trinajstić information content (AvgIpc) is 3.02. The molecular weight excluding hydrogens is 340 g/mol.